The molecule has 96 valence electrons. The van der Waals surface area contributed by atoms with Crippen LogP contribution in [-0.2, 0) is 16.1 Å². The van der Waals surface area contributed by atoms with Gasteiger partial charge in [-0.2, -0.15) is 0 Å². The fourth-order valence-electron chi connectivity index (χ4n) is 2.11. The first-order valence-electron chi connectivity index (χ1n) is 5.86. The number of carboxylic acids is 1. The molecule has 1 amide bonds. The summed E-state index contributed by atoms with van der Waals surface area (Å²) in [6, 6.07) is 7.15. The smallest absolute Gasteiger partial charge is 0.322 e. The van der Waals surface area contributed by atoms with Crippen molar-refractivity contribution in [3.05, 3.63) is 35.4 Å². The third-order valence-corrected chi connectivity index (χ3v) is 3.20. The number of piperazine rings is 1. The van der Waals surface area contributed by atoms with Crippen LogP contribution in [-0.4, -0.2) is 41.0 Å². The third kappa shape index (κ3) is 2.68. The van der Waals surface area contributed by atoms with Crippen molar-refractivity contribution in [3.63, 3.8) is 0 Å². The lowest BCUT2D eigenvalue weighted by Gasteiger charge is -2.32. The number of hydrogen-bond donors (Lipinski definition) is 2. The molecule has 5 heteroatoms. The molecule has 0 aromatic heterocycles. The first-order chi connectivity index (χ1) is 8.58. The fraction of sp³-hybridized carbons (Fsp3) is 0.385. The Morgan fingerprint density at radius 1 is 1.50 bits per heavy atom. The van der Waals surface area contributed by atoms with Gasteiger partial charge in [-0.25, -0.2) is 0 Å². The monoisotopic (exact) mass is 248 g/mol. The molecule has 2 rings (SSSR count). The Morgan fingerprint density at radius 3 is 2.89 bits per heavy atom. The number of benzene rings is 1. The van der Waals surface area contributed by atoms with Crippen LogP contribution in [0, 0.1) is 6.92 Å². The van der Waals surface area contributed by atoms with Crippen LogP contribution in [0.15, 0.2) is 24.3 Å². The predicted molar refractivity (Wildman–Crippen MR) is 66.0 cm³/mol. The summed E-state index contributed by atoms with van der Waals surface area (Å²) in [7, 11) is 0. The summed E-state index contributed by atoms with van der Waals surface area (Å²) in [6.07, 6.45) is 0. The number of rotatable bonds is 3. The minimum absolute atomic E-state index is 0.124. The van der Waals surface area contributed by atoms with Crippen molar-refractivity contribution in [1.29, 1.82) is 0 Å². The Bertz CT molecular complexity index is 473. The van der Waals surface area contributed by atoms with Crippen molar-refractivity contribution in [2.24, 2.45) is 0 Å². The molecule has 1 saturated heterocycles. The number of nitrogens with zero attached hydrogens (tertiary/aromatic N) is 1. The van der Waals surface area contributed by atoms with Crippen molar-refractivity contribution in [2.45, 2.75) is 19.5 Å². The van der Waals surface area contributed by atoms with E-state index < -0.39 is 12.0 Å². The van der Waals surface area contributed by atoms with Crippen LogP contribution in [0.25, 0.3) is 0 Å². The van der Waals surface area contributed by atoms with Crippen molar-refractivity contribution in [3.8, 4) is 0 Å². The van der Waals surface area contributed by atoms with Crippen LogP contribution in [0.4, 0.5) is 0 Å². The average Bonchev–Trinajstić information content (AvgIpc) is 2.32. The Kier molecular flexibility index (Phi) is 3.62. The predicted octanol–water partition coefficient (Wildman–Crippen LogP) is 0.380. The number of nitrogens with one attached hydrogen (secondary N) is 1. The zero-order chi connectivity index (χ0) is 13.1. The summed E-state index contributed by atoms with van der Waals surface area (Å²) in [4.78, 5) is 24.2. The number of aliphatic carboxylic acids is 1. The summed E-state index contributed by atoms with van der Waals surface area (Å²) in [5.41, 5.74) is 2.16. The van der Waals surface area contributed by atoms with Gasteiger partial charge in [-0.05, 0) is 18.1 Å². The SMILES string of the molecule is Cc1ccccc1CN1CC(=O)NCC1C(=O)O. The molecule has 1 unspecified atom stereocenters. The van der Waals surface area contributed by atoms with E-state index in [1.165, 1.54) is 0 Å². The lowest BCUT2D eigenvalue weighted by molar-refractivity contribution is -0.146. The van der Waals surface area contributed by atoms with Crippen LogP contribution in [0.2, 0.25) is 0 Å². The molecule has 5 nitrogen and oxygen atoms in total. The lowest BCUT2D eigenvalue weighted by Crippen LogP contribution is -2.57. The Labute approximate surface area is 105 Å². The molecule has 1 aliphatic heterocycles. The minimum atomic E-state index is -0.899. The second kappa shape index (κ2) is 5.18. The first kappa shape index (κ1) is 12.6. The molecular weight excluding hydrogens is 232 g/mol. The van der Waals surface area contributed by atoms with E-state index in [9.17, 15) is 9.59 Å². The molecule has 2 N–H and O–H groups in total. The number of aryl methyl sites for hydroxylation is 1. The average molecular weight is 248 g/mol. The molecule has 1 aliphatic rings. The number of hydrogen-bond acceptors (Lipinski definition) is 3. The standard InChI is InChI=1S/C13H16N2O3/c1-9-4-2-3-5-10(9)7-15-8-12(16)14-6-11(15)13(17)18/h2-5,11H,6-8H2,1H3,(H,14,16)(H,17,18). The normalized spacial score (nSPS) is 20.5. The van der Waals surface area contributed by atoms with E-state index in [4.69, 9.17) is 5.11 Å². The highest BCUT2D eigenvalue weighted by Gasteiger charge is 2.31. The van der Waals surface area contributed by atoms with Gasteiger partial charge in [0.2, 0.25) is 5.91 Å². The molecular formula is C13H16N2O3. The topological polar surface area (TPSA) is 69.6 Å². The van der Waals surface area contributed by atoms with Crippen molar-refractivity contribution < 1.29 is 14.7 Å². The molecule has 0 spiro atoms. The van der Waals surface area contributed by atoms with Crippen molar-refractivity contribution >= 4 is 11.9 Å². The van der Waals surface area contributed by atoms with Crippen molar-refractivity contribution in [1.82, 2.24) is 10.2 Å². The number of carboxylic acid groups (broad SMARTS) is 1. The summed E-state index contributed by atoms with van der Waals surface area (Å²) < 4.78 is 0. The van der Waals surface area contributed by atoms with Gasteiger partial charge in [-0.15, -0.1) is 0 Å². The van der Waals surface area contributed by atoms with Crippen LogP contribution >= 0.6 is 0 Å². The lowest BCUT2D eigenvalue weighted by atomic mass is 10.1. The largest absolute Gasteiger partial charge is 0.480 e. The van der Waals surface area contributed by atoms with E-state index in [0.29, 0.717) is 6.54 Å². The Morgan fingerprint density at radius 2 is 2.22 bits per heavy atom. The van der Waals surface area contributed by atoms with E-state index in [-0.39, 0.29) is 19.0 Å². The number of carbonyl (C=O) groups excluding carboxylic acids is 1. The quantitative estimate of drug-likeness (QED) is 0.811. The van der Waals surface area contributed by atoms with Gasteiger partial charge in [0.15, 0.2) is 0 Å². The zero-order valence-electron chi connectivity index (χ0n) is 10.2. The highest BCUT2D eigenvalue weighted by molar-refractivity contribution is 5.83. The van der Waals surface area contributed by atoms with Gasteiger partial charge in [-0.3, -0.25) is 14.5 Å². The van der Waals surface area contributed by atoms with E-state index in [1.54, 1.807) is 4.90 Å². The van der Waals surface area contributed by atoms with Gasteiger partial charge in [0.1, 0.15) is 6.04 Å². The van der Waals surface area contributed by atoms with Crippen LogP contribution < -0.4 is 5.32 Å². The van der Waals surface area contributed by atoms with E-state index in [1.807, 2.05) is 31.2 Å². The molecule has 1 heterocycles. The molecule has 18 heavy (non-hydrogen) atoms. The highest BCUT2D eigenvalue weighted by Crippen LogP contribution is 2.14. The second-order valence-electron chi connectivity index (χ2n) is 4.49. The summed E-state index contributed by atoms with van der Waals surface area (Å²) in [6.45, 7) is 2.76. The highest BCUT2D eigenvalue weighted by atomic mass is 16.4. The third-order valence-electron chi connectivity index (χ3n) is 3.20. The van der Waals surface area contributed by atoms with Crippen LogP contribution in [0.1, 0.15) is 11.1 Å². The molecule has 1 atom stereocenters. The molecule has 1 aromatic rings. The molecule has 1 aromatic carbocycles. The van der Waals surface area contributed by atoms with Gasteiger partial charge in [0.25, 0.3) is 0 Å². The summed E-state index contributed by atoms with van der Waals surface area (Å²) in [5.74, 6) is -1.02. The molecule has 0 saturated carbocycles. The van der Waals surface area contributed by atoms with E-state index >= 15 is 0 Å². The summed E-state index contributed by atoms with van der Waals surface area (Å²) in [5, 5.41) is 11.7. The van der Waals surface area contributed by atoms with Gasteiger partial charge in [-0.1, -0.05) is 24.3 Å². The fourth-order valence-corrected chi connectivity index (χ4v) is 2.11. The maximum atomic E-state index is 11.4. The second-order valence-corrected chi connectivity index (χ2v) is 4.49. The van der Waals surface area contributed by atoms with Crippen molar-refractivity contribution in [2.75, 3.05) is 13.1 Å². The zero-order valence-corrected chi connectivity index (χ0v) is 10.2. The minimum Gasteiger partial charge on any atom is -0.480 e. The van der Waals surface area contributed by atoms with E-state index in [2.05, 4.69) is 5.32 Å². The Hall–Kier alpha value is -1.88. The van der Waals surface area contributed by atoms with Gasteiger partial charge in [0, 0.05) is 13.1 Å². The van der Waals surface area contributed by atoms with Crippen LogP contribution in [0.5, 0.6) is 0 Å². The number of carbonyl (C=O) groups is 2. The number of amides is 1. The summed E-state index contributed by atoms with van der Waals surface area (Å²) >= 11 is 0. The first-order valence-corrected chi connectivity index (χ1v) is 5.86. The van der Waals surface area contributed by atoms with E-state index in [0.717, 1.165) is 11.1 Å². The Balaban J connectivity index is 2.16. The molecule has 0 aliphatic carbocycles. The maximum Gasteiger partial charge on any atom is 0.322 e. The molecule has 0 bridgehead atoms. The van der Waals surface area contributed by atoms with Gasteiger partial charge in [0.05, 0.1) is 6.54 Å². The molecule has 0 radical (unpaired) electrons. The molecule has 1 fully saturated rings. The van der Waals surface area contributed by atoms with Gasteiger partial charge >= 0.3 is 5.97 Å². The van der Waals surface area contributed by atoms with Gasteiger partial charge < -0.3 is 10.4 Å². The van der Waals surface area contributed by atoms with Crippen LogP contribution in [0.3, 0.4) is 0 Å². The maximum absolute atomic E-state index is 11.4.